The average molecular weight is 496 g/mol. The summed E-state index contributed by atoms with van der Waals surface area (Å²) in [5, 5.41) is 4.15. The highest BCUT2D eigenvalue weighted by atomic mass is 32.2. The summed E-state index contributed by atoms with van der Waals surface area (Å²) in [5.74, 6) is 0.462. The summed E-state index contributed by atoms with van der Waals surface area (Å²) in [7, 11) is -2.62. The first-order valence-electron chi connectivity index (χ1n) is 11.0. The zero-order chi connectivity index (χ0) is 25.4. The standard InChI is InChI=1S/C26H29N3O5S/c1-5-34-22-14-12-21(13-15-22)20(3)27-28-26(30)18-29(24-8-6-7-9-25(24)33-4)35(31,32)23-16-10-19(2)11-17-23/h6-17H,5,18H2,1-4H3,(H,28,30)/b27-20-. The molecular formula is C26H29N3O5S. The van der Waals surface area contributed by atoms with Crippen molar-refractivity contribution in [2.75, 3.05) is 24.6 Å². The smallest absolute Gasteiger partial charge is 0.264 e. The maximum absolute atomic E-state index is 13.5. The number of nitrogens with zero attached hydrogens (tertiary/aromatic N) is 2. The Morgan fingerprint density at radius 2 is 1.66 bits per heavy atom. The number of carbonyl (C=O) groups is 1. The number of carbonyl (C=O) groups excluding carboxylic acids is 1. The summed E-state index contributed by atoms with van der Waals surface area (Å²) in [6.07, 6.45) is 0. The van der Waals surface area contributed by atoms with Crippen molar-refractivity contribution in [2.24, 2.45) is 5.10 Å². The van der Waals surface area contributed by atoms with E-state index in [4.69, 9.17) is 9.47 Å². The first-order valence-corrected chi connectivity index (χ1v) is 12.5. The minimum absolute atomic E-state index is 0.0656. The van der Waals surface area contributed by atoms with Crippen LogP contribution in [0.2, 0.25) is 0 Å². The molecule has 0 saturated carbocycles. The summed E-state index contributed by atoms with van der Waals surface area (Å²) in [5.41, 5.74) is 4.99. The molecule has 1 amide bonds. The molecule has 8 nitrogen and oxygen atoms in total. The van der Waals surface area contributed by atoms with Gasteiger partial charge in [0.15, 0.2) is 0 Å². The van der Waals surface area contributed by atoms with Crippen LogP contribution in [0.4, 0.5) is 5.69 Å². The van der Waals surface area contributed by atoms with Crippen molar-refractivity contribution in [3.8, 4) is 11.5 Å². The molecule has 0 fully saturated rings. The topological polar surface area (TPSA) is 97.3 Å². The van der Waals surface area contributed by atoms with Crippen LogP contribution < -0.4 is 19.2 Å². The van der Waals surface area contributed by atoms with Gasteiger partial charge in [0.1, 0.15) is 18.0 Å². The second kappa shape index (κ2) is 11.5. The molecule has 0 atom stereocenters. The van der Waals surface area contributed by atoms with Gasteiger partial charge < -0.3 is 9.47 Å². The number of amides is 1. The fourth-order valence-electron chi connectivity index (χ4n) is 3.31. The Hall–Kier alpha value is -3.85. The fourth-order valence-corrected chi connectivity index (χ4v) is 4.74. The lowest BCUT2D eigenvalue weighted by Crippen LogP contribution is -2.40. The predicted molar refractivity (Wildman–Crippen MR) is 137 cm³/mol. The number of para-hydroxylation sites is 2. The number of benzene rings is 3. The maximum atomic E-state index is 13.5. The lowest BCUT2D eigenvalue weighted by molar-refractivity contribution is -0.119. The number of nitrogens with one attached hydrogen (secondary N) is 1. The van der Waals surface area contributed by atoms with Gasteiger partial charge >= 0.3 is 0 Å². The molecule has 0 aliphatic carbocycles. The van der Waals surface area contributed by atoms with Crippen LogP contribution >= 0.6 is 0 Å². The minimum Gasteiger partial charge on any atom is -0.495 e. The van der Waals surface area contributed by atoms with E-state index in [1.807, 2.05) is 38.1 Å². The molecule has 0 aromatic heterocycles. The quantitative estimate of drug-likeness (QED) is 0.337. The predicted octanol–water partition coefficient (Wildman–Crippen LogP) is 4.14. The number of anilines is 1. The summed E-state index contributed by atoms with van der Waals surface area (Å²) in [6.45, 7) is 5.60. The second-order valence-electron chi connectivity index (χ2n) is 7.69. The molecule has 0 spiro atoms. The van der Waals surface area contributed by atoms with Gasteiger partial charge in [-0.15, -0.1) is 0 Å². The van der Waals surface area contributed by atoms with E-state index < -0.39 is 22.5 Å². The SMILES string of the molecule is CCOc1ccc(/C(C)=N\NC(=O)CN(c2ccccc2OC)S(=O)(=O)c2ccc(C)cc2)cc1. The van der Waals surface area contributed by atoms with Gasteiger partial charge in [-0.05, 0) is 74.9 Å². The third kappa shape index (κ3) is 6.39. The molecule has 0 aliphatic rings. The Kier molecular flexibility index (Phi) is 8.48. The first-order chi connectivity index (χ1) is 16.8. The second-order valence-corrected chi connectivity index (χ2v) is 9.55. The number of aryl methyl sites for hydroxylation is 1. The van der Waals surface area contributed by atoms with Crippen LogP contribution in [0.25, 0.3) is 0 Å². The van der Waals surface area contributed by atoms with E-state index in [0.29, 0.717) is 18.1 Å². The summed E-state index contributed by atoms with van der Waals surface area (Å²) >= 11 is 0. The Labute approximate surface area is 206 Å². The van der Waals surface area contributed by atoms with Crippen LogP contribution in [0, 0.1) is 6.92 Å². The molecule has 0 bridgehead atoms. The van der Waals surface area contributed by atoms with Crippen molar-refractivity contribution in [3.63, 3.8) is 0 Å². The lowest BCUT2D eigenvalue weighted by atomic mass is 10.1. The van der Waals surface area contributed by atoms with E-state index in [9.17, 15) is 13.2 Å². The van der Waals surface area contributed by atoms with Gasteiger partial charge in [-0.1, -0.05) is 29.8 Å². The highest BCUT2D eigenvalue weighted by Gasteiger charge is 2.29. The third-order valence-corrected chi connectivity index (χ3v) is 6.96. The third-order valence-electron chi connectivity index (χ3n) is 5.18. The van der Waals surface area contributed by atoms with Gasteiger partial charge in [0.25, 0.3) is 15.9 Å². The molecule has 3 rings (SSSR count). The van der Waals surface area contributed by atoms with Gasteiger partial charge in [0.2, 0.25) is 0 Å². The Morgan fingerprint density at radius 1 is 1.00 bits per heavy atom. The number of hydrazone groups is 1. The number of sulfonamides is 1. The van der Waals surface area contributed by atoms with Crippen LogP contribution in [0.3, 0.4) is 0 Å². The molecule has 0 saturated heterocycles. The maximum Gasteiger partial charge on any atom is 0.264 e. The molecular weight excluding hydrogens is 466 g/mol. The van der Waals surface area contributed by atoms with Crippen molar-refractivity contribution in [1.29, 1.82) is 0 Å². The highest BCUT2D eigenvalue weighted by Crippen LogP contribution is 2.32. The molecule has 0 unspecified atom stereocenters. The largest absolute Gasteiger partial charge is 0.495 e. The van der Waals surface area contributed by atoms with E-state index in [2.05, 4.69) is 10.5 Å². The zero-order valence-corrected chi connectivity index (χ0v) is 21.0. The Morgan fingerprint density at radius 3 is 2.29 bits per heavy atom. The highest BCUT2D eigenvalue weighted by molar-refractivity contribution is 7.92. The molecule has 1 N–H and O–H groups in total. The van der Waals surface area contributed by atoms with Crippen LogP contribution in [-0.4, -0.2) is 40.3 Å². The van der Waals surface area contributed by atoms with Gasteiger partial charge in [0, 0.05) is 0 Å². The monoisotopic (exact) mass is 495 g/mol. The number of methoxy groups -OCH3 is 1. The van der Waals surface area contributed by atoms with E-state index in [1.54, 1.807) is 43.3 Å². The molecule has 35 heavy (non-hydrogen) atoms. The van der Waals surface area contributed by atoms with E-state index in [-0.39, 0.29) is 10.6 Å². The summed E-state index contributed by atoms with van der Waals surface area (Å²) in [6, 6.07) is 20.4. The van der Waals surface area contributed by atoms with Crippen LogP contribution in [-0.2, 0) is 14.8 Å². The van der Waals surface area contributed by atoms with Gasteiger partial charge in [-0.2, -0.15) is 5.10 Å². The van der Waals surface area contributed by atoms with Crippen LogP contribution in [0.5, 0.6) is 11.5 Å². The van der Waals surface area contributed by atoms with Crippen molar-refractivity contribution in [3.05, 3.63) is 83.9 Å². The van der Waals surface area contributed by atoms with Crippen LogP contribution in [0.1, 0.15) is 25.0 Å². The van der Waals surface area contributed by atoms with Crippen molar-refractivity contribution in [1.82, 2.24) is 5.43 Å². The Balaban J connectivity index is 1.86. The molecule has 0 radical (unpaired) electrons. The fraction of sp³-hybridized carbons (Fsp3) is 0.231. The number of rotatable bonds is 10. The number of ether oxygens (including phenoxy) is 2. The average Bonchev–Trinajstić information content (AvgIpc) is 2.86. The van der Waals surface area contributed by atoms with Crippen molar-refractivity contribution >= 4 is 27.3 Å². The molecule has 0 aliphatic heterocycles. The molecule has 3 aromatic rings. The summed E-state index contributed by atoms with van der Waals surface area (Å²) in [4.78, 5) is 12.9. The van der Waals surface area contributed by atoms with Crippen molar-refractivity contribution < 1.29 is 22.7 Å². The molecule has 184 valence electrons. The van der Waals surface area contributed by atoms with E-state index in [1.165, 1.54) is 19.2 Å². The number of hydrogen-bond acceptors (Lipinski definition) is 6. The normalized spacial score (nSPS) is 11.6. The zero-order valence-electron chi connectivity index (χ0n) is 20.2. The van der Waals surface area contributed by atoms with Gasteiger partial charge in [0.05, 0.1) is 30.0 Å². The van der Waals surface area contributed by atoms with Gasteiger partial charge in [-0.25, -0.2) is 13.8 Å². The minimum atomic E-state index is -4.07. The van der Waals surface area contributed by atoms with Crippen molar-refractivity contribution in [2.45, 2.75) is 25.7 Å². The lowest BCUT2D eigenvalue weighted by Gasteiger charge is -2.25. The van der Waals surface area contributed by atoms with Gasteiger partial charge in [-0.3, -0.25) is 9.10 Å². The molecule has 3 aromatic carbocycles. The van der Waals surface area contributed by atoms with E-state index >= 15 is 0 Å². The first kappa shape index (κ1) is 25.8. The molecule has 0 heterocycles. The number of hydrogen-bond donors (Lipinski definition) is 1. The summed E-state index contributed by atoms with van der Waals surface area (Å²) < 4.78 is 38.9. The van der Waals surface area contributed by atoms with E-state index in [0.717, 1.165) is 21.2 Å². The Bertz CT molecular complexity index is 1290. The van der Waals surface area contributed by atoms with Crippen LogP contribution in [0.15, 0.2) is 82.8 Å². The molecule has 9 heteroatoms.